The van der Waals surface area contributed by atoms with Gasteiger partial charge >= 0.3 is 6.03 Å². The highest BCUT2D eigenvalue weighted by Crippen LogP contribution is 2.39. The largest absolute Gasteiger partial charge is 0.481 e. The number of hydrogen-bond acceptors (Lipinski definition) is 5. The van der Waals surface area contributed by atoms with E-state index in [9.17, 15) is 17.6 Å². The molecular weight excluding hydrogens is 409 g/mol. The third-order valence-corrected chi connectivity index (χ3v) is 6.63. The SMILES string of the molecule is COc1ccc(N2C(=O)N(Cc3ccccc3C)c3c(F)cccc3S2(=O)=O)cn1. The first-order valence-corrected chi connectivity index (χ1v) is 10.5. The normalized spacial score (nSPS) is 15.1. The minimum Gasteiger partial charge on any atom is -0.481 e. The molecule has 4 rings (SSSR count). The van der Waals surface area contributed by atoms with Crippen LogP contribution in [0.25, 0.3) is 0 Å². The maximum Gasteiger partial charge on any atom is 0.343 e. The second kappa shape index (κ2) is 7.42. The van der Waals surface area contributed by atoms with Gasteiger partial charge in [0.2, 0.25) is 5.88 Å². The van der Waals surface area contributed by atoms with E-state index in [0.717, 1.165) is 22.1 Å². The van der Waals surface area contributed by atoms with E-state index in [1.807, 2.05) is 25.1 Å². The molecule has 9 heteroatoms. The average molecular weight is 427 g/mol. The summed E-state index contributed by atoms with van der Waals surface area (Å²) in [6, 6.07) is 13.0. The Balaban J connectivity index is 1.89. The number of anilines is 2. The van der Waals surface area contributed by atoms with Crippen LogP contribution in [-0.4, -0.2) is 26.5 Å². The Bertz CT molecular complexity index is 1230. The number of fused-ring (bicyclic) bond motifs is 1. The Kier molecular flexibility index (Phi) is 4.90. The smallest absolute Gasteiger partial charge is 0.343 e. The van der Waals surface area contributed by atoms with E-state index in [2.05, 4.69) is 4.98 Å². The zero-order valence-electron chi connectivity index (χ0n) is 16.2. The number of para-hydroxylation sites is 1. The molecule has 154 valence electrons. The fraction of sp³-hybridized carbons (Fsp3) is 0.143. The van der Waals surface area contributed by atoms with Crippen LogP contribution in [0.1, 0.15) is 11.1 Å². The molecular formula is C21H18FN3O4S. The molecule has 3 aromatic rings. The van der Waals surface area contributed by atoms with E-state index >= 15 is 0 Å². The van der Waals surface area contributed by atoms with Crippen LogP contribution in [0, 0.1) is 12.7 Å². The molecule has 0 radical (unpaired) electrons. The quantitative estimate of drug-likeness (QED) is 0.631. The van der Waals surface area contributed by atoms with Crippen molar-refractivity contribution in [2.45, 2.75) is 18.4 Å². The summed E-state index contributed by atoms with van der Waals surface area (Å²) in [5.41, 5.74) is 1.44. The van der Waals surface area contributed by atoms with E-state index in [1.54, 1.807) is 6.07 Å². The van der Waals surface area contributed by atoms with Crippen molar-refractivity contribution >= 4 is 27.4 Å². The first-order chi connectivity index (χ1) is 14.3. The molecule has 0 aliphatic carbocycles. The lowest BCUT2D eigenvalue weighted by Gasteiger charge is -2.36. The number of methoxy groups -OCH3 is 1. The van der Waals surface area contributed by atoms with Crippen molar-refractivity contribution in [3.05, 3.63) is 77.7 Å². The monoisotopic (exact) mass is 427 g/mol. The predicted octanol–water partition coefficient (Wildman–Crippen LogP) is 3.87. The molecule has 2 amide bonds. The highest BCUT2D eigenvalue weighted by molar-refractivity contribution is 7.94. The first-order valence-electron chi connectivity index (χ1n) is 9.04. The van der Waals surface area contributed by atoms with Gasteiger partial charge in [-0.15, -0.1) is 0 Å². The summed E-state index contributed by atoms with van der Waals surface area (Å²) >= 11 is 0. The number of aromatic nitrogens is 1. The summed E-state index contributed by atoms with van der Waals surface area (Å²) in [6.07, 6.45) is 1.23. The molecule has 0 N–H and O–H groups in total. The highest BCUT2D eigenvalue weighted by atomic mass is 32.2. The fourth-order valence-electron chi connectivity index (χ4n) is 3.34. The maximum atomic E-state index is 14.8. The molecule has 0 fully saturated rings. The number of carbonyl (C=O) groups is 1. The summed E-state index contributed by atoms with van der Waals surface area (Å²) in [6.45, 7) is 1.88. The van der Waals surface area contributed by atoms with Crippen molar-refractivity contribution in [2.75, 3.05) is 16.3 Å². The molecule has 0 saturated carbocycles. The molecule has 0 atom stereocenters. The zero-order chi connectivity index (χ0) is 21.5. The van der Waals surface area contributed by atoms with Gasteiger partial charge in [-0.25, -0.2) is 22.6 Å². The molecule has 1 aliphatic heterocycles. The number of nitrogens with zero attached hydrogens (tertiary/aromatic N) is 3. The Morgan fingerprint density at radius 3 is 2.50 bits per heavy atom. The molecule has 0 spiro atoms. The van der Waals surface area contributed by atoms with Crippen LogP contribution in [-0.2, 0) is 16.6 Å². The van der Waals surface area contributed by atoms with Gasteiger partial charge in [0.1, 0.15) is 16.4 Å². The van der Waals surface area contributed by atoms with Gasteiger partial charge < -0.3 is 4.74 Å². The lowest BCUT2D eigenvalue weighted by molar-refractivity contribution is 0.253. The molecule has 30 heavy (non-hydrogen) atoms. The number of urea groups is 1. The van der Waals surface area contributed by atoms with Crippen molar-refractivity contribution in [3.8, 4) is 5.88 Å². The van der Waals surface area contributed by atoms with Crippen molar-refractivity contribution in [3.63, 3.8) is 0 Å². The number of hydrogen-bond donors (Lipinski definition) is 0. The number of ether oxygens (including phenoxy) is 1. The summed E-state index contributed by atoms with van der Waals surface area (Å²) < 4.78 is 46.9. The average Bonchev–Trinajstić information content (AvgIpc) is 2.73. The fourth-order valence-corrected chi connectivity index (χ4v) is 4.93. The second-order valence-electron chi connectivity index (χ2n) is 6.71. The van der Waals surface area contributed by atoms with Gasteiger partial charge in [0.05, 0.1) is 25.5 Å². The van der Waals surface area contributed by atoms with Crippen molar-refractivity contribution in [2.24, 2.45) is 0 Å². The lowest BCUT2D eigenvalue weighted by atomic mass is 10.1. The van der Waals surface area contributed by atoms with Gasteiger partial charge in [0, 0.05) is 6.07 Å². The summed E-state index contributed by atoms with van der Waals surface area (Å²) in [5.74, 6) is -0.519. The molecule has 2 aromatic carbocycles. The van der Waals surface area contributed by atoms with Crippen LogP contribution in [0.3, 0.4) is 0 Å². The summed E-state index contributed by atoms with van der Waals surface area (Å²) in [5, 5.41) is 0. The van der Waals surface area contributed by atoms with E-state index in [4.69, 9.17) is 4.74 Å². The van der Waals surface area contributed by atoms with E-state index in [0.29, 0.717) is 4.31 Å². The Morgan fingerprint density at radius 2 is 1.83 bits per heavy atom. The maximum absolute atomic E-state index is 14.8. The molecule has 0 bridgehead atoms. The Labute approximate surface area is 173 Å². The standard InChI is InChI=1S/C21H18FN3O4S/c1-14-6-3-4-7-15(14)13-24-20-17(22)8-5-9-18(20)30(27,28)25(21(24)26)16-10-11-19(29-2)23-12-16/h3-12H,13H2,1-2H3. The molecule has 2 heterocycles. The Morgan fingerprint density at radius 1 is 1.07 bits per heavy atom. The number of rotatable bonds is 4. The van der Waals surface area contributed by atoms with Gasteiger partial charge in [-0.2, -0.15) is 4.31 Å². The number of halogens is 1. The van der Waals surface area contributed by atoms with Gasteiger partial charge in [0.15, 0.2) is 0 Å². The molecule has 1 aromatic heterocycles. The van der Waals surface area contributed by atoms with Crippen LogP contribution in [0.2, 0.25) is 0 Å². The van der Waals surface area contributed by atoms with Crippen LogP contribution in [0.4, 0.5) is 20.6 Å². The van der Waals surface area contributed by atoms with Crippen molar-refractivity contribution in [1.82, 2.24) is 4.98 Å². The van der Waals surface area contributed by atoms with Crippen LogP contribution < -0.4 is 13.9 Å². The van der Waals surface area contributed by atoms with Gasteiger partial charge in [0.25, 0.3) is 10.0 Å². The van der Waals surface area contributed by atoms with Crippen LogP contribution in [0.15, 0.2) is 65.7 Å². The van der Waals surface area contributed by atoms with Gasteiger partial charge in [-0.3, -0.25) is 4.90 Å². The van der Waals surface area contributed by atoms with Crippen molar-refractivity contribution in [1.29, 1.82) is 0 Å². The summed E-state index contributed by atoms with van der Waals surface area (Å²) in [4.78, 5) is 18.2. The third kappa shape index (κ3) is 3.17. The minimum atomic E-state index is -4.34. The zero-order valence-corrected chi connectivity index (χ0v) is 17.1. The van der Waals surface area contributed by atoms with Gasteiger partial charge in [-0.05, 0) is 36.2 Å². The number of benzene rings is 2. The van der Waals surface area contributed by atoms with E-state index in [-0.39, 0.29) is 28.7 Å². The van der Waals surface area contributed by atoms with E-state index in [1.165, 1.54) is 37.6 Å². The van der Waals surface area contributed by atoms with Crippen LogP contribution in [0.5, 0.6) is 5.88 Å². The number of pyridine rings is 1. The second-order valence-corrected chi connectivity index (χ2v) is 8.47. The predicted molar refractivity (Wildman–Crippen MR) is 110 cm³/mol. The summed E-state index contributed by atoms with van der Waals surface area (Å²) in [7, 11) is -2.92. The minimum absolute atomic E-state index is 0.00897. The number of amides is 2. The topological polar surface area (TPSA) is 79.8 Å². The highest BCUT2D eigenvalue weighted by Gasteiger charge is 2.44. The number of sulfonamides is 1. The van der Waals surface area contributed by atoms with Crippen LogP contribution >= 0.6 is 0 Å². The van der Waals surface area contributed by atoms with Gasteiger partial charge in [-0.1, -0.05) is 30.3 Å². The first kappa shape index (κ1) is 19.8. The molecule has 0 unspecified atom stereocenters. The lowest BCUT2D eigenvalue weighted by Crippen LogP contribution is -2.51. The molecule has 0 saturated heterocycles. The third-order valence-electron chi connectivity index (χ3n) is 4.90. The number of carbonyl (C=O) groups excluding carboxylic acids is 1. The van der Waals surface area contributed by atoms with Crippen molar-refractivity contribution < 1.29 is 22.3 Å². The Hall–Kier alpha value is -3.46. The van der Waals surface area contributed by atoms with E-state index < -0.39 is 21.9 Å². The number of aryl methyl sites for hydroxylation is 1. The molecule has 1 aliphatic rings. The molecule has 7 nitrogen and oxygen atoms in total.